The molecule has 1 aromatic carbocycles. The predicted octanol–water partition coefficient (Wildman–Crippen LogP) is 1.07. The highest BCUT2D eigenvalue weighted by atomic mass is 16.5. The molecule has 0 radical (unpaired) electrons. The molecule has 1 aliphatic rings. The average molecular weight is 289 g/mol. The molecule has 0 unspecified atom stereocenters. The summed E-state index contributed by atoms with van der Waals surface area (Å²) in [4.78, 5) is 29.3. The Morgan fingerprint density at radius 1 is 1.48 bits per heavy atom. The Bertz CT molecular complexity index is 709. The number of methoxy groups -OCH3 is 1. The maximum atomic E-state index is 11.7. The zero-order valence-corrected chi connectivity index (χ0v) is 11.5. The number of primary amides is 1. The van der Waals surface area contributed by atoms with Crippen LogP contribution in [0.1, 0.15) is 23.2 Å². The van der Waals surface area contributed by atoms with E-state index >= 15 is 0 Å². The molecular weight excluding hydrogens is 274 g/mol. The molecule has 7 heteroatoms. The highest BCUT2D eigenvalue weighted by Gasteiger charge is 2.32. The first-order valence-electron chi connectivity index (χ1n) is 6.65. The van der Waals surface area contributed by atoms with Crippen molar-refractivity contribution < 1.29 is 18.7 Å². The van der Waals surface area contributed by atoms with Gasteiger partial charge in [0.1, 0.15) is 11.6 Å². The summed E-state index contributed by atoms with van der Waals surface area (Å²) < 4.78 is 10.4. The van der Waals surface area contributed by atoms with Crippen molar-refractivity contribution in [3.8, 4) is 0 Å². The topological polar surface area (TPSA) is 98.7 Å². The van der Waals surface area contributed by atoms with Crippen molar-refractivity contribution in [3.05, 3.63) is 23.8 Å². The van der Waals surface area contributed by atoms with E-state index in [1.165, 1.54) is 7.11 Å². The summed E-state index contributed by atoms with van der Waals surface area (Å²) in [5.41, 5.74) is 6.63. The van der Waals surface area contributed by atoms with E-state index < -0.39 is 17.9 Å². The number of hydrogen-bond donors (Lipinski definition) is 1. The minimum Gasteiger partial charge on any atom is -0.465 e. The lowest BCUT2D eigenvalue weighted by Crippen LogP contribution is -2.40. The largest absolute Gasteiger partial charge is 0.465 e. The second kappa shape index (κ2) is 5.08. The third-order valence-electron chi connectivity index (χ3n) is 3.64. The fourth-order valence-electron chi connectivity index (χ4n) is 2.63. The van der Waals surface area contributed by atoms with E-state index in [-0.39, 0.29) is 0 Å². The van der Waals surface area contributed by atoms with Crippen molar-refractivity contribution in [2.45, 2.75) is 18.9 Å². The summed E-state index contributed by atoms with van der Waals surface area (Å²) in [5, 5.41) is 0. The van der Waals surface area contributed by atoms with E-state index in [1.54, 1.807) is 23.1 Å². The van der Waals surface area contributed by atoms with Gasteiger partial charge in [-0.25, -0.2) is 4.79 Å². The summed E-state index contributed by atoms with van der Waals surface area (Å²) in [6, 6.07) is 4.92. The lowest BCUT2D eigenvalue weighted by atomic mass is 10.2. The average Bonchev–Trinajstić information content (AvgIpc) is 3.11. The number of rotatable bonds is 3. The third-order valence-corrected chi connectivity index (χ3v) is 3.64. The first-order valence-corrected chi connectivity index (χ1v) is 6.65. The van der Waals surface area contributed by atoms with Crippen molar-refractivity contribution in [3.63, 3.8) is 0 Å². The molecule has 1 fully saturated rings. The monoisotopic (exact) mass is 289 g/mol. The van der Waals surface area contributed by atoms with Crippen LogP contribution in [0.5, 0.6) is 0 Å². The number of nitrogens with two attached hydrogens (primary N) is 1. The zero-order valence-electron chi connectivity index (χ0n) is 11.5. The molecule has 2 aromatic rings. The number of aromatic nitrogens is 1. The summed E-state index contributed by atoms with van der Waals surface area (Å²) in [7, 11) is 1.31. The highest BCUT2D eigenvalue weighted by molar-refractivity contribution is 6.01. The van der Waals surface area contributed by atoms with Gasteiger partial charge in [-0.1, -0.05) is 6.07 Å². The zero-order chi connectivity index (χ0) is 15.0. The Labute approximate surface area is 120 Å². The fraction of sp³-hybridized carbons (Fsp3) is 0.357. The quantitative estimate of drug-likeness (QED) is 0.848. The fourth-order valence-corrected chi connectivity index (χ4v) is 2.63. The standard InChI is InChI=1S/C14H15N3O4/c1-20-13(19)8-4-2-6-10-11(8)16-14(21-10)17-7-3-5-9(17)12(15)18/h2,4,6,9H,3,5,7H2,1H3,(H2,15,18)/t9-/m0/s1. The van der Waals surface area contributed by atoms with Crippen molar-refractivity contribution in [1.82, 2.24) is 4.98 Å². The molecule has 1 aromatic heterocycles. The number of carbonyl (C=O) groups excluding carboxylic acids is 2. The summed E-state index contributed by atoms with van der Waals surface area (Å²) >= 11 is 0. The molecule has 1 atom stereocenters. The maximum absolute atomic E-state index is 11.7. The minimum atomic E-state index is -0.478. The van der Waals surface area contributed by atoms with Crippen LogP contribution < -0.4 is 10.6 Å². The van der Waals surface area contributed by atoms with Gasteiger partial charge in [0.15, 0.2) is 5.58 Å². The van der Waals surface area contributed by atoms with Crippen LogP contribution in [0.2, 0.25) is 0 Å². The second-order valence-electron chi connectivity index (χ2n) is 4.89. The molecule has 2 heterocycles. The van der Waals surface area contributed by atoms with E-state index in [2.05, 4.69) is 4.98 Å². The minimum absolute atomic E-state index is 0.308. The number of benzene rings is 1. The first-order chi connectivity index (χ1) is 10.1. The molecule has 3 rings (SSSR count). The lowest BCUT2D eigenvalue weighted by molar-refractivity contribution is -0.119. The number of carbonyl (C=O) groups is 2. The summed E-state index contributed by atoms with van der Waals surface area (Å²) in [6.45, 7) is 0.647. The number of para-hydroxylation sites is 1. The Morgan fingerprint density at radius 2 is 2.29 bits per heavy atom. The van der Waals surface area contributed by atoms with Crippen LogP contribution >= 0.6 is 0 Å². The van der Waals surface area contributed by atoms with Gasteiger partial charge in [0, 0.05) is 6.54 Å². The molecular formula is C14H15N3O4. The van der Waals surface area contributed by atoms with Crippen LogP contribution in [0.25, 0.3) is 11.1 Å². The van der Waals surface area contributed by atoms with Gasteiger partial charge in [-0.2, -0.15) is 4.98 Å². The first kappa shape index (κ1) is 13.4. The van der Waals surface area contributed by atoms with Crippen LogP contribution in [0.3, 0.4) is 0 Å². The molecule has 2 N–H and O–H groups in total. The Morgan fingerprint density at radius 3 is 3.00 bits per heavy atom. The van der Waals surface area contributed by atoms with Gasteiger partial charge in [-0.3, -0.25) is 4.79 Å². The Balaban J connectivity index is 2.05. The second-order valence-corrected chi connectivity index (χ2v) is 4.89. The normalized spacial score (nSPS) is 18.1. The van der Waals surface area contributed by atoms with Gasteiger partial charge in [-0.15, -0.1) is 0 Å². The molecule has 1 saturated heterocycles. The predicted molar refractivity (Wildman–Crippen MR) is 74.9 cm³/mol. The number of anilines is 1. The molecule has 0 spiro atoms. The van der Waals surface area contributed by atoms with E-state index in [9.17, 15) is 9.59 Å². The number of ether oxygens (including phenoxy) is 1. The van der Waals surface area contributed by atoms with E-state index in [0.29, 0.717) is 35.6 Å². The molecule has 1 amide bonds. The van der Waals surface area contributed by atoms with E-state index in [0.717, 1.165) is 6.42 Å². The summed E-state index contributed by atoms with van der Waals surface area (Å²) in [6.07, 6.45) is 1.52. The summed E-state index contributed by atoms with van der Waals surface area (Å²) in [5.74, 6) is -0.878. The number of nitrogens with zero attached hydrogens (tertiary/aromatic N) is 2. The molecule has 21 heavy (non-hydrogen) atoms. The molecule has 1 aliphatic heterocycles. The Hall–Kier alpha value is -2.57. The number of fused-ring (bicyclic) bond motifs is 1. The smallest absolute Gasteiger partial charge is 0.340 e. The van der Waals surface area contributed by atoms with Gasteiger partial charge < -0.3 is 19.8 Å². The van der Waals surface area contributed by atoms with Crippen molar-refractivity contribution in [2.24, 2.45) is 5.73 Å². The highest BCUT2D eigenvalue weighted by Crippen LogP contribution is 2.29. The van der Waals surface area contributed by atoms with Crippen molar-refractivity contribution >= 4 is 29.0 Å². The van der Waals surface area contributed by atoms with Gasteiger partial charge >= 0.3 is 5.97 Å². The third kappa shape index (κ3) is 2.20. The Kier molecular flexibility index (Phi) is 3.25. The SMILES string of the molecule is COC(=O)c1cccc2oc(N3CCC[C@H]3C(N)=O)nc12. The van der Waals surface area contributed by atoms with Crippen LogP contribution in [-0.2, 0) is 9.53 Å². The van der Waals surface area contributed by atoms with E-state index in [1.807, 2.05) is 0 Å². The molecule has 110 valence electrons. The van der Waals surface area contributed by atoms with Gasteiger partial charge in [0.2, 0.25) is 5.91 Å². The van der Waals surface area contributed by atoms with Crippen molar-refractivity contribution in [1.29, 1.82) is 0 Å². The molecule has 0 bridgehead atoms. The number of esters is 1. The maximum Gasteiger partial charge on any atom is 0.340 e. The molecule has 0 saturated carbocycles. The number of amides is 1. The number of hydrogen-bond acceptors (Lipinski definition) is 6. The van der Waals surface area contributed by atoms with Gasteiger partial charge in [-0.05, 0) is 25.0 Å². The molecule has 7 nitrogen and oxygen atoms in total. The van der Waals surface area contributed by atoms with Crippen LogP contribution in [0.4, 0.5) is 6.01 Å². The van der Waals surface area contributed by atoms with Crippen molar-refractivity contribution in [2.75, 3.05) is 18.6 Å². The number of oxazole rings is 1. The van der Waals surface area contributed by atoms with Gasteiger partial charge in [0.25, 0.3) is 6.01 Å². The molecule has 0 aliphatic carbocycles. The lowest BCUT2D eigenvalue weighted by Gasteiger charge is -2.19. The van der Waals surface area contributed by atoms with Gasteiger partial charge in [0.05, 0.1) is 12.7 Å². The van der Waals surface area contributed by atoms with Crippen LogP contribution in [0.15, 0.2) is 22.6 Å². The van der Waals surface area contributed by atoms with Crippen LogP contribution in [-0.4, -0.2) is 36.6 Å². The van der Waals surface area contributed by atoms with Crippen LogP contribution in [0, 0.1) is 0 Å². The van der Waals surface area contributed by atoms with E-state index in [4.69, 9.17) is 14.9 Å².